The zero-order valence-corrected chi connectivity index (χ0v) is 11.7. The molecule has 0 aromatic carbocycles. The van der Waals surface area contributed by atoms with E-state index >= 15 is 0 Å². The van der Waals surface area contributed by atoms with Gasteiger partial charge in [0, 0.05) is 31.5 Å². The van der Waals surface area contributed by atoms with Crippen LogP contribution in [0.25, 0.3) is 0 Å². The molecule has 1 aromatic heterocycles. The number of nitrogens with one attached hydrogen (secondary N) is 1. The van der Waals surface area contributed by atoms with Crippen molar-refractivity contribution >= 4 is 17.6 Å². The summed E-state index contributed by atoms with van der Waals surface area (Å²) < 4.78 is 0. The van der Waals surface area contributed by atoms with E-state index in [0.29, 0.717) is 25.3 Å². The second kappa shape index (κ2) is 5.90. The summed E-state index contributed by atoms with van der Waals surface area (Å²) in [6.45, 7) is 5.48. The molecule has 1 aromatic rings. The number of carbonyl (C=O) groups is 2. The fourth-order valence-corrected chi connectivity index (χ4v) is 2.49. The minimum Gasteiger partial charge on any atom is -0.481 e. The van der Waals surface area contributed by atoms with E-state index in [0.717, 1.165) is 5.69 Å². The van der Waals surface area contributed by atoms with Crippen LogP contribution in [0.5, 0.6) is 0 Å². The Balaban J connectivity index is 2.16. The lowest BCUT2D eigenvalue weighted by Crippen LogP contribution is -2.25. The topological polar surface area (TPSA) is 82.5 Å². The molecule has 0 saturated carbocycles. The minimum atomic E-state index is -0.766. The number of amides is 1. The highest BCUT2D eigenvalue weighted by molar-refractivity contribution is 5.93. The first-order valence-electron chi connectivity index (χ1n) is 6.75. The van der Waals surface area contributed by atoms with E-state index in [-0.39, 0.29) is 17.7 Å². The van der Waals surface area contributed by atoms with E-state index < -0.39 is 5.97 Å². The summed E-state index contributed by atoms with van der Waals surface area (Å²) in [5.74, 6) is -1.25. The molecule has 2 rings (SSSR count). The molecule has 2 atom stereocenters. The number of carboxylic acids is 1. The third kappa shape index (κ3) is 2.89. The smallest absolute Gasteiger partial charge is 0.308 e. The highest BCUT2D eigenvalue weighted by Gasteiger charge is 2.34. The predicted molar refractivity (Wildman–Crippen MR) is 74.7 cm³/mol. The summed E-state index contributed by atoms with van der Waals surface area (Å²) in [5.41, 5.74) is 1.20. The molecule has 108 valence electrons. The van der Waals surface area contributed by atoms with Crippen molar-refractivity contribution in [2.75, 3.05) is 24.5 Å². The average molecular weight is 277 g/mol. The van der Waals surface area contributed by atoms with E-state index in [1.807, 2.05) is 18.7 Å². The van der Waals surface area contributed by atoms with Crippen LogP contribution in [-0.4, -0.2) is 41.6 Å². The van der Waals surface area contributed by atoms with Gasteiger partial charge in [0.1, 0.15) is 5.69 Å². The Morgan fingerprint density at radius 3 is 2.85 bits per heavy atom. The quantitative estimate of drug-likeness (QED) is 0.857. The lowest BCUT2D eigenvalue weighted by Gasteiger charge is -2.18. The Morgan fingerprint density at radius 1 is 1.50 bits per heavy atom. The zero-order chi connectivity index (χ0) is 14.7. The van der Waals surface area contributed by atoms with Crippen LogP contribution in [0.15, 0.2) is 18.3 Å². The van der Waals surface area contributed by atoms with Crippen molar-refractivity contribution in [1.29, 1.82) is 0 Å². The summed E-state index contributed by atoms with van der Waals surface area (Å²) in [5, 5.41) is 11.9. The zero-order valence-electron chi connectivity index (χ0n) is 11.7. The number of pyridine rings is 1. The van der Waals surface area contributed by atoms with Gasteiger partial charge in [-0.25, -0.2) is 0 Å². The highest BCUT2D eigenvalue weighted by atomic mass is 16.4. The predicted octanol–water partition coefficient (Wildman–Crippen LogP) is 0.988. The Morgan fingerprint density at radius 2 is 2.25 bits per heavy atom. The maximum Gasteiger partial charge on any atom is 0.308 e. The van der Waals surface area contributed by atoms with Crippen LogP contribution in [0.2, 0.25) is 0 Å². The molecule has 0 bridgehead atoms. The molecular weight excluding hydrogens is 258 g/mol. The first-order chi connectivity index (χ1) is 9.52. The SMILES string of the molecule is CCNC(=O)c1cc(N2C[C@@H](C)[C@H](C(=O)O)C2)ccn1. The summed E-state index contributed by atoms with van der Waals surface area (Å²) in [6, 6.07) is 3.52. The van der Waals surface area contributed by atoms with Crippen LogP contribution < -0.4 is 10.2 Å². The number of carboxylic acid groups (broad SMARTS) is 1. The molecule has 0 spiro atoms. The molecular formula is C14H19N3O3. The summed E-state index contributed by atoms with van der Waals surface area (Å²) in [7, 11) is 0. The normalized spacial score (nSPS) is 21.8. The molecule has 1 saturated heterocycles. The van der Waals surface area contributed by atoms with Crippen molar-refractivity contribution in [3.8, 4) is 0 Å². The number of aromatic nitrogens is 1. The number of carbonyl (C=O) groups excluding carboxylic acids is 1. The third-order valence-electron chi connectivity index (χ3n) is 3.61. The second-order valence-electron chi connectivity index (χ2n) is 5.09. The number of anilines is 1. The lowest BCUT2D eigenvalue weighted by molar-refractivity contribution is -0.142. The van der Waals surface area contributed by atoms with Crippen molar-refractivity contribution in [1.82, 2.24) is 10.3 Å². The molecule has 1 fully saturated rings. The number of hydrogen-bond donors (Lipinski definition) is 2. The number of nitrogens with zero attached hydrogens (tertiary/aromatic N) is 2. The minimum absolute atomic E-state index is 0.0913. The Labute approximate surface area is 117 Å². The van der Waals surface area contributed by atoms with Crippen LogP contribution in [-0.2, 0) is 4.79 Å². The molecule has 0 aliphatic carbocycles. The van der Waals surface area contributed by atoms with Crippen LogP contribution in [0.1, 0.15) is 24.3 Å². The van der Waals surface area contributed by atoms with Gasteiger partial charge in [-0.3, -0.25) is 14.6 Å². The van der Waals surface area contributed by atoms with Gasteiger partial charge in [0.15, 0.2) is 0 Å². The van der Waals surface area contributed by atoms with Gasteiger partial charge in [-0.05, 0) is 25.0 Å². The van der Waals surface area contributed by atoms with E-state index in [2.05, 4.69) is 10.3 Å². The molecule has 20 heavy (non-hydrogen) atoms. The second-order valence-corrected chi connectivity index (χ2v) is 5.09. The maximum absolute atomic E-state index is 11.8. The number of rotatable bonds is 4. The molecule has 6 heteroatoms. The van der Waals surface area contributed by atoms with Crippen LogP contribution in [0.4, 0.5) is 5.69 Å². The van der Waals surface area contributed by atoms with Gasteiger partial charge in [0.2, 0.25) is 0 Å². The van der Waals surface area contributed by atoms with Gasteiger partial charge >= 0.3 is 5.97 Å². The van der Waals surface area contributed by atoms with E-state index in [1.54, 1.807) is 18.3 Å². The van der Waals surface area contributed by atoms with Crippen molar-refractivity contribution in [2.24, 2.45) is 11.8 Å². The van der Waals surface area contributed by atoms with E-state index in [9.17, 15) is 9.59 Å². The Bertz CT molecular complexity index is 518. The molecule has 0 unspecified atom stereocenters. The Kier molecular flexibility index (Phi) is 4.22. The molecule has 0 radical (unpaired) electrons. The van der Waals surface area contributed by atoms with Crippen molar-refractivity contribution in [3.05, 3.63) is 24.0 Å². The van der Waals surface area contributed by atoms with Gasteiger partial charge in [0.25, 0.3) is 5.91 Å². The van der Waals surface area contributed by atoms with E-state index in [1.165, 1.54) is 0 Å². The standard InChI is InChI=1S/C14H19N3O3/c1-3-15-13(18)12-6-10(4-5-16-12)17-7-9(2)11(8-17)14(19)20/h4-6,9,11H,3,7-8H2,1-2H3,(H,15,18)(H,19,20)/t9-,11-/m1/s1. The summed E-state index contributed by atoms with van der Waals surface area (Å²) >= 11 is 0. The summed E-state index contributed by atoms with van der Waals surface area (Å²) in [6.07, 6.45) is 1.58. The first kappa shape index (κ1) is 14.3. The maximum atomic E-state index is 11.8. The summed E-state index contributed by atoms with van der Waals surface area (Å²) in [4.78, 5) is 28.9. The van der Waals surface area contributed by atoms with Crippen LogP contribution >= 0.6 is 0 Å². The van der Waals surface area contributed by atoms with Crippen LogP contribution in [0.3, 0.4) is 0 Å². The van der Waals surface area contributed by atoms with E-state index in [4.69, 9.17) is 5.11 Å². The average Bonchev–Trinajstić information content (AvgIpc) is 2.81. The molecule has 1 aliphatic heterocycles. The number of aliphatic carboxylic acids is 1. The lowest BCUT2D eigenvalue weighted by atomic mass is 9.99. The van der Waals surface area contributed by atoms with Gasteiger partial charge in [-0.15, -0.1) is 0 Å². The highest BCUT2D eigenvalue weighted by Crippen LogP contribution is 2.28. The van der Waals surface area contributed by atoms with Gasteiger partial charge in [-0.2, -0.15) is 0 Å². The number of hydrogen-bond acceptors (Lipinski definition) is 4. The van der Waals surface area contributed by atoms with Gasteiger partial charge in [-0.1, -0.05) is 6.92 Å². The molecule has 2 N–H and O–H groups in total. The van der Waals surface area contributed by atoms with Gasteiger partial charge in [0.05, 0.1) is 5.92 Å². The molecule has 2 heterocycles. The molecule has 1 amide bonds. The van der Waals surface area contributed by atoms with Crippen molar-refractivity contribution in [2.45, 2.75) is 13.8 Å². The third-order valence-corrected chi connectivity index (χ3v) is 3.61. The fourth-order valence-electron chi connectivity index (χ4n) is 2.49. The van der Waals surface area contributed by atoms with Crippen molar-refractivity contribution < 1.29 is 14.7 Å². The molecule has 1 aliphatic rings. The first-order valence-corrected chi connectivity index (χ1v) is 6.75. The van der Waals surface area contributed by atoms with Gasteiger partial charge < -0.3 is 15.3 Å². The largest absolute Gasteiger partial charge is 0.481 e. The van der Waals surface area contributed by atoms with Crippen LogP contribution in [0, 0.1) is 11.8 Å². The fraction of sp³-hybridized carbons (Fsp3) is 0.500. The van der Waals surface area contributed by atoms with Crippen molar-refractivity contribution in [3.63, 3.8) is 0 Å². The Hall–Kier alpha value is -2.11. The molecule has 6 nitrogen and oxygen atoms in total. The monoisotopic (exact) mass is 277 g/mol.